The monoisotopic (exact) mass is 676 g/mol. The summed E-state index contributed by atoms with van der Waals surface area (Å²) in [4.78, 5) is 41.0. The smallest absolute Gasteiger partial charge is 0.490 e. The number of carbonyl (C=O) groups excluding carboxylic acids is 2. The molecule has 15 nitrogen and oxygen atoms in total. The minimum atomic E-state index is -5.08. The second-order valence-corrected chi connectivity index (χ2v) is 11.2. The summed E-state index contributed by atoms with van der Waals surface area (Å²) in [5, 5.41) is 17.6. The molecular weight excluding hydrogens is 641 g/mol. The number of nitrogens with zero attached hydrogens (tertiary/aromatic N) is 2. The van der Waals surface area contributed by atoms with Gasteiger partial charge in [0.2, 0.25) is 15.9 Å². The van der Waals surface area contributed by atoms with E-state index in [4.69, 9.17) is 35.0 Å². The number of aliphatic carboxylic acids is 1. The topological polar surface area (TPSA) is 225 Å². The number of amides is 2. The van der Waals surface area contributed by atoms with Gasteiger partial charge >= 0.3 is 12.1 Å². The van der Waals surface area contributed by atoms with Crippen LogP contribution >= 0.6 is 0 Å². The number of hydrogen-bond donors (Lipinski definition) is 5. The summed E-state index contributed by atoms with van der Waals surface area (Å²) in [6.45, 7) is 4.10. The molecular formula is C27H35F3N6O9S. The van der Waals surface area contributed by atoms with Gasteiger partial charge in [-0.3, -0.25) is 19.8 Å². The molecule has 1 atom stereocenters. The number of nitrogens with two attached hydrogens (primary N) is 2. The maximum atomic E-state index is 13.3. The molecule has 0 bridgehead atoms. The molecule has 1 fully saturated rings. The molecule has 7 N–H and O–H groups in total. The number of sulfonamides is 1. The van der Waals surface area contributed by atoms with Gasteiger partial charge in [0.05, 0.1) is 38.7 Å². The highest BCUT2D eigenvalue weighted by Crippen LogP contribution is 2.27. The van der Waals surface area contributed by atoms with Crippen LogP contribution in [0.15, 0.2) is 46.3 Å². The lowest BCUT2D eigenvalue weighted by Gasteiger charge is -2.28. The minimum absolute atomic E-state index is 0.0174. The molecule has 3 rings (SSSR count). The van der Waals surface area contributed by atoms with Gasteiger partial charge in [-0.2, -0.15) is 13.2 Å². The van der Waals surface area contributed by atoms with Crippen LogP contribution in [0.4, 0.5) is 18.9 Å². The van der Waals surface area contributed by atoms with E-state index in [1.54, 1.807) is 31.2 Å². The van der Waals surface area contributed by atoms with Crippen molar-refractivity contribution in [1.29, 1.82) is 0 Å². The zero-order chi connectivity index (χ0) is 34.7. The van der Waals surface area contributed by atoms with Crippen LogP contribution < -0.4 is 31.0 Å². The lowest BCUT2D eigenvalue weighted by molar-refractivity contribution is -0.192. The number of morpholine rings is 1. The predicted octanol–water partition coefficient (Wildman–Crippen LogP) is 0.606. The van der Waals surface area contributed by atoms with E-state index in [2.05, 4.69) is 15.6 Å². The number of primary sulfonamides is 1. The number of hydrogen-bond acceptors (Lipinski definition) is 10. The van der Waals surface area contributed by atoms with Crippen molar-refractivity contribution < 1.29 is 55.3 Å². The molecule has 1 aliphatic heterocycles. The maximum absolute atomic E-state index is 13.3. The minimum Gasteiger partial charge on any atom is -0.493 e. The number of rotatable bonds is 10. The number of aliphatic imine (C=N–C) groups is 1. The molecule has 0 spiro atoms. The van der Waals surface area contributed by atoms with Gasteiger partial charge in [0.25, 0.3) is 5.91 Å². The van der Waals surface area contributed by atoms with Gasteiger partial charge in [0.15, 0.2) is 17.5 Å². The number of carbonyl (C=O) groups is 3. The van der Waals surface area contributed by atoms with E-state index in [0.717, 1.165) is 0 Å². The van der Waals surface area contributed by atoms with E-state index in [1.807, 2.05) is 4.90 Å². The van der Waals surface area contributed by atoms with E-state index < -0.39 is 40.0 Å². The van der Waals surface area contributed by atoms with Crippen molar-refractivity contribution in [2.75, 3.05) is 52.4 Å². The molecule has 1 aliphatic rings. The number of carboxylic acid groups (broad SMARTS) is 1. The highest BCUT2D eigenvalue weighted by molar-refractivity contribution is 7.89. The van der Waals surface area contributed by atoms with E-state index in [9.17, 15) is 31.2 Å². The fourth-order valence-corrected chi connectivity index (χ4v) is 4.44. The molecule has 0 saturated carbocycles. The Labute approximate surface area is 262 Å². The summed E-state index contributed by atoms with van der Waals surface area (Å²) < 4.78 is 71.2. The van der Waals surface area contributed by atoms with Crippen LogP contribution in [0.5, 0.6) is 11.5 Å². The first kappa shape index (κ1) is 37.7. The van der Waals surface area contributed by atoms with E-state index in [0.29, 0.717) is 48.9 Å². The van der Waals surface area contributed by atoms with Crippen molar-refractivity contribution in [3.63, 3.8) is 0 Å². The number of ether oxygens (including phenoxy) is 3. The molecule has 1 heterocycles. The third-order valence-corrected chi connectivity index (χ3v) is 7.16. The Morgan fingerprint density at radius 2 is 1.70 bits per heavy atom. The van der Waals surface area contributed by atoms with E-state index in [1.165, 1.54) is 26.4 Å². The quantitative estimate of drug-likeness (QED) is 0.173. The van der Waals surface area contributed by atoms with Gasteiger partial charge in [-0.1, -0.05) is 12.1 Å². The number of benzene rings is 2. The summed E-state index contributed by atoms with van der Waals surface area (Å²) in [5.41, 5.74) is 7.58. The average molecular weight is 677 g/mol. The molecule has 1 saturated heterocycles. The van der Waals surface area contributed by atoms with Gasteiger partial charge in [-0.25, -0.2) is 23.3 Å². The number of nitrogens with one attached hydrogen (secondary N) is 2. The number of guanidine groups is 1. The van der Waals surface area contributed by atoms with E-state index >= 15 is 0 Å². The second kappa shape index (κ2) is 16.7. The number of anilines is 1. The Hall–Kier alpha value is -4.46. The highest BCUT2D eigenvalue weighted by Gasteiger charge is 2.38. The Kier molecular flexibility index (Phi) is 13.7. The largest absolute Gasteiger partial charge is 0.493 e. The molecule has 46 heavy (non-hydrogen) atoms. The molecule has 2 aromatic carbocycles. The normalized spacial score (nSPS) is 14.7. The lowest BCUT2D eigenvalue weighted by Crippen LogP contribution is -2.46. The van der Waals surface area contributed by atoms with Gasteiger partial charge < -0.3 is 30.4 Å². The molecule has 0 unspecified atom stereocenters. The zero-order valence-corrected chi connectivity index (χ0v) is 25.9. The van der Waals surface area contributed by atoms with Crippen molar-refractivity contribution >= 4 is 39.5 Å². The van der Waals surface area contributed by atoms with Crippen molar-refractivity contribution in [2.45, 2.75) is 30.5 Å². The standard InChI is InChI=1S/C25H34N6O7S.C2HF3O2/c1-16-4-6-18(39(27,34)35)14-19(16)28-24(33)20(15-31-8-10-38-11-9-31)29-25(26)30-23(32)13-17-5-7-21(36-2)22(12-17)37-3;3-2(4,5)1(6)7/h4-7,12,14,20H,8-11,13,15H2,1-3H3,(H,28,33)(H2,27,34,35)(H3,26,29,30,32);(H,6,7)/t20-;/m1./s1. The highest BCUT2D eigenvalue weighted by atomic mass is 32.2. The number of aryl methyl sites for hydroxylation is 1. The Morgan fingerprint density at radius 3 is 2.24 bits per heavy atom. The molecule has 0 aromatic heterocycles. The first-order valence-electron chi connectivity index (χ1n) is 13.3. The summed E-state index contributed by atoms with van der Waals surface area (Å²) in [6, 6.07) is 8.26. The Morgan fingerprint density at radius 1 is 1.09 bits per heavy atom. The Balaban J connectivity index is 0.000000942. The Bertz CT molecular complexity index is 1530. The fourth-order valence-electron chi connectivity index (χ4n) is 3.90. The van der Waals surface area contributed by atoms with Crippen LogP contribution in [0.3, 0.4) is 0 Å². The molecule has 0 aliphatic carbocycles. The summed E-state index contributed by atoms with van der Waals surface area (Å²) >= 11 is 0. The van der Waals surface area contributed by atoms with Crippen molar-refractivity contribution in [2.24, 2.45) is 15.9 Å². The third-order valence-electron chi connectivity index (χ3n) is 6.25. The van der Waals surface area contributed by atoms with Crippen LogP contribution in [0.1, 0.15) is 11.1 Å². The molecule has 0 radical (unpaired) electrons. The second-order valence-electron chi connectivity index (χ2n) is 9.67. The average Bonchev–Trinajstić information content (AvgIpc) is 2.97. The summed E-state index contributed by atoms with van der Waals surface area (Å²) in [5.74, 6) is -2.95. The molecule has 19 heteroatoms. The summed E-state index contributed by atoms with van der Waals surface area (Å²) in [7, 11) is -0.955. The molecule has 2 aromatic rings. The van der Waals surface area contributed by atoms with E-state index in [-0.39, 0.29) is 29.5 Å². The maximum Gasteiger partial charge on any atom is 0.490 e. The van der Waals surface area contributed by atoms with Gasteiger partial charge in [-0.05, 0) is 42.3 Å². The lowest BCUT2D eigenvalue weighted by atomic mass is 10.1. The van der Waals surface area contributed by atoms with Crippen molar-refractivity contribution in [3.05, 3.63) is 47.5 Å². The van der Waals surface area contributed by atoms with Gasteiger partial charge in [0.1, 0.15) is 6.04 Å². The van der Waals surface area contributed by atoms with Crippen LogP contribution in [0.2, 0.25) is 0 Å². The third kappa shape index (κ3) is 12.1. The molecule has 254 valence electrons. The van der Waals surface area contributed by atoms with Crippen LogP contribution in [-0.4, -0.2) is 101 Å². The summed E-state index contributed by atoms with van der Waals surface area (Å²) in [6.07, 6.45) is -5.10. The number of halogens is 3. The van der Waals surface area contributed by atoms with Crippen LogP contribution in [0, 0.1) is 6.92 Å². The first-order valence-corrected chi connectivity index (χ1v) is 14.9. The molecule has 2 amide bonds. The van der Waals surface area contributed by atoms with Gasteiger partial charge in [-0.15, -0.1) is 0 Å². The van der Waals surface area contributed by atoms with Crippen molar-refractivity contribution in [3.8, 4) is 11.5 Å². The van der Waals surface area contributed by atoms with Crippen LogP contribution in [-0.2, 0) is 35.6 Å². The first-order chi connectivity index (χ1) is 21.4. The number of alkyl halides is 3. The zero-order valence-electron chi connectivity index (χ0n) is 25.1. The number of methoxy groups -OCH3 is 2. The SMILES string of the molecule is COc1ccc(CC(=O)NC(N)=N[C@H](CN2CCOCC2)C(=O)Nc2cc(S(N)(=O)=O)ccc2C)cc1OC.O=C(O)C(F)(F)F. The predicted molar refractivity (Wildman–Crippen MR) is 159 cm³/mol. The fraction of sp³-hybridized carbons (Fsp3) is 0.407. The van der Waals surface area contributed by atoms with Crippen LogP contribution in [0.25, 0.3) is 0 Å². The number of carboxylic acids is 1. The van der Waals surface area contributed by atoms with Gasteiger partial charge in [0, 0.05) is 25.3 Å². The van der Waals surface area contributed by atoms with Crippen molar-refractivity contribution in [1.82, 2.24) is 10.2 Å².